The van der Waals surface area contributed by atoms with Crippen molar-refractivity contribution in [3.05, 3.63) is 17.3 Å². The van der Waals surface area contributed by atoms with Gasteiger partial charge in [-0.05, 0) is 32.4 Å². The van der Waals surface area contributed by atoms with Crippen LogP contribution in [0.5, 0.6) is 0 Å². The monoisotopic (exact) mass is 262 g/mol. The maximum absolute atomic E-state index is 12.3. The summed E-state index contributed by atoms with van der Waals surface area (Å²) in [5.74, 6) is 0.443. The zero-order valence-corrected chi connectivity index (χ0v) is 11.6. The van der Waals surface area contributed by atoms with Crippen molar-refractivity contribution >= 4 is 17.5 Å². The maximum Gasteiger partial charge on any atom is 0.274 e. The van der Waals surface area contributed by atoms with Crippen molar-refractivity contribution in [3.63, 3.8) is 0 Å². The highest BCUT2D eigenvalue weighted by atomic mass is 16.2. The van der Waals surface area contributed by atoms with Gasteiger partial charge in [0.2, 0.25) is 5.95 Å². The van der Waals surface area contributed by atoms with Crippen LogP contribution in [0.25, 0.3) is 5.65 Å². The molecule has 1 amide bonds. The van der Waals surface area contributed by atoms with Gasteiger partial charge < -0.3 is 10.2 Å². The molecule has 0 fully saturated rings. The van der Waals surface area contributed by atoms with E-state index in [9.17, 15) is 4.79 Å². The molecule has 2 aromatic rings. The first kappa shape index (κ1) is 13.3. The Kier molecular flexibility index (Phi) is 3.64. The highest BCUT2D eigenvalue weighted by Crippen LogP contribution is 2.13. The van der Waals surface area contributed by atoms with Crippen molar-refractivity contribution in [1.82, 2.24) is 24.7 Å². The molecule has 1 N–H and O–H groups in total. The van der Waals surface area contributed by atoms with Crippen molar-refractivity contribution in [2.75, 3.05) is 25.5 Å². The van der Waals surface area contributed by atoms with Crippen LogP contribution in [-0.2, 0) is 0 Å². The van der Waals surface area contributed by atoms with E-state index in [4.69, 9.17) is 0 Å². The van der Waals surface area contributed by atoms with E-state index in [2.05, 4.69) is 20.6 Å². The number of aryl methyl sites for hydroxylation is 1. The fraction of sp³-hybridized carbons (Fsp3) is 0.500. The second-order valence-electron chi connectivity index (χ2n) is 4.20. The van der Waals surface area contributed by atoms with Gasteiger partial charge in [-0.15, -0.1) is 10.2 Å². The molecule has 0 saturated carbocycles. The predicted molar refractivity (Wildman–Crippen MR) is 72.3 cm³/mol. The number of nitrogens with zero attached hydrogens (tertiary/aromatic N) is 5. The van der Waals surface area contributed by atoms with E-state index in [0.717, 1.165) is 5.56 Å². The third-order valence-electron chi connectivity index (χ3n) is 3.05. The molecule has 0 aliphatic carbocycles. The largest absolute Gasteiger partial charge is 0.356 e. The standard InChI is InChI=1S/C12H18N6O/c1-5-17(6-2)11(19)9-7-8(3)10-14-15-12(13-4)18(10)16-9/h7H,5-6H2,1-4H3,(H,13,15). The normalized spacial score (nSPS) is 10.7. The van der Waals surface area contributed by atoms with Crippen molar-refractivity contribution in [3.8, 4) is 0 Å². The van der Waals surface area contributed by atoms with Crippen LogP contribution in [0.3, 0.4) is 0 Å². The number of fused-ring (bicyclic) bond motifs is 1. The lowest BCUT2D eigenvalue weighted by Crippen LogP contribution is -2.31. The molecule has 0 atom stereocenters. The number of carbonyl (C=O) groups is 1. The number of rotatable bonds is 4. The molecule has 0 radical (unpaired) electrons. The van der Waals surface area contributed by atoms with Gasteiger partial charge in [-0.2, -0.15) is 9.61 Å². The summed E-state index contributed by atoms with van der Waals surface area (Å²) in [6.45, 7) is 7.11. The molecule has 7 nitrogen and oxygen atoms in total. The minimum atomic E-state index is -0.0780. The summed E-state index contributed by atoms with van der Waals surface area (Å²) in [6.07, 6.45) is 0. The Hall–Kier alpha value is -2.18. The van der Waals surface area contributed by atoms with E-state index in [-0.39, 0.29) is 5.91 Å². The molecular weight excluding hydrogens is 244 g/mol. The molecule has 2 aromatic heterocycles. The minimum Gasteiger partial charge on any atom is -0.356 e. The Morgan fingerprint density at radius 2 is 2.05 bits per heavy atom. The van der Waals surface area contributed by atoms with Crippen LogP contribution in [0.15, 0.2) is 6.07 Å². The highest BCUT2D eigenvalue weighted by Gasteiger charge is 2.17. The number of aromatic nitrogens is 4. The van der Waals surface area contributed by atoms with Crippen LogP contribution in [0.1, 0.15) is 29.9 Å². The highest BCUT2D eigenvalue weighted by molar-refractivity contribution is 5.92. The molecule has 0 aromatic carbocycles. The number of carbonyl (C=O) groups excluding carboxylic acids is 1. The number of hydrogen-bond donors (Lipinski definition) is 1. The van der Waals surface area contributed by atoms with Gasteiger partial charge in [0.1, 0.15) is 5.69 Å². The second kappa shape index (κ2) is 5.21. The maximum atomic E-state index is 12.3. The van der Waals surface area contributed by atoms with Crippen LogP contribution in [0, 0.1) is 6.92 Å². The first-order valence-electron chi connectivity index (χ1n) is 6.32. The van der Waals surface area contributed by atoms with E-state index < -0.39 is 0 Å². The third-order valence-corrected chi connectivity index (χ3v) is 3.05. The molecule has 0 spiro atoms. The van der Waals surface area contributed by atoms with E-state index in [1.165, 1.54) is 0 Å². The second-order valence-corrected chi connectivity index (χ2v) is 4.20. The van der Waals surface area contributed by atoms with Gasteiger partial charge >= 0.3 is 0 Å². The summed E-state index contributed by atoms with van der Waals surface area (Å²) in [5, 5.41) is 15.2. The summed E-state index contributed by atoms with van der Waals surface area (Å²) in [4.78, 5) is 14.0. The van der Waals surface area contributed by atoms with Crippen molar-refractivity contribution < 1.29 is 4.79 Å². The summed E-state index contributed by atoms with van der Waals surface area (Å²) in [5.41, 5.74) is 1.94. The van der Waals surface area contributed by atoms with Gasteiger partial charge in [-0.1, -0.05) is 0 Å². The average Bonchev–Trinajstić information content (AvgIpc) is 2.83. The lowest BCUT2D eigenvalue weighted by atomic mass is 10.2. The Labute approximate surface area is 111 Å². The van der Waals surface area contributed by atoms with Crippen LogP contribution in [0.2, 0.25) is 0 Å². The quantitative estimate of drug-likeness (QED) is 0.888. The van der Waals surface area contributed by atoms with E-state index in [1.807, 2.05) is 20.8 Å². The molecule has 0 unspecified atom stereocenters. The number of amides is 1. The molecule has 0 aliphatic heterocycles. The topological polar surface area (TPSA) is 75.4 Å². The van der Waals surface area contributed by atoms with E-state index in [0.29, 0.717) is 30.4 Å². The lowest BCUT2D eigenvalue weighted by Gasteiger charge is -2.18. The van der Waals surface area contributed by atoms with Crippen molar-refractivity contribution in [2.45, 2.75) is 20.8 Å². The lowest BCUT2D eigenvalue weighted by molar-refractivity contribution is 0.0765. The average molecular weight is 262 g/mol. The SMILES string of the molecule is CCN(CC)C(=O)c1cc(C)c2nnc(NC)n2n1. The number of anilines is 1. The van der Waals surface area contributed by atoms with Gasteiger partial charge in [-0.3, -0.25) is 4.79 Å². The molecular formula is C12H18N6O. The van der Waals surface area contributed by atoms with Crippen LogP contribution < -0.4 is 5.32 Å². The molecule has 7 heteroatoms. The minimum absolute atomic E-state index is 0.0780. The predicted octanol–water partition coefficient (Wildman–Crippen LogP) is 0.956. The fourth-order valence-electron chi connectivity index (χ4n) is 1.96. The number of hydrogen-bond acceptors (Lipinski definition) is 5. The van der Waals surface area contributed by atoms with Crippen LogP contribution in [-0.4, -0.2) is 50.8 Å². The zero-order chi connectivity index (χ0) is 14.0. The Balaban J connectivity index is 2.53. The molecule has 0 saturated heterocycles. The first-order chi connectivity index (χ1) is 9.12. The molecule has 0 aliphatic rings. The Morgan fingerprint density at radius 1 is 1.37 bits per heavy atom. The Bertz CT molecular complexity index is 602. The van der Waals surface area contributed by atoms with Gasteiger partial charge in [0.05, 0.1) is 0 Å². The van der Waals surface area contributed by atoms with Gasteiger partial charge in [-0.25, -0.2) is 0 Å². The van der Waals surface area contributed by atoms with Gasteiger partial charge in [0, 0.05) is 20.1 Å². The summed E-state index contributed by atoms with van der Waals surface area (Å²) < 4.78 is 1.56. The van der Waals surface area contributed by atoms with Crippen LogP contribution in [0.4, 0.5) is 5.95 Å². The molecule has 102 valence electrons. The summed E-state index contributed by atoms with van der Waals surface area (Å²) in [7, 11) is 1.74. The zero-order valence-electron chi connectivity index (χ0n) is 11.6. The van der Waals surface area contributed by atoms with Gasteiger partial charge in [0.25, 0.3) is 5.91 Å². The van der Waals surface area contributed by atoms with E-state index >= 15 is 0 Å². The van der Waals surface area contributed by atoms with Crippen molar-refractivity contribution in [2.24, 2.45) is 0 Å². The van der Waals surface area contributed by atoms with Gasteiger partial charge in [0.15, 0.2) is 5.65 Å². The third kappa shape index (κ3) is 2.23. The molecule has 2 heterocycles. The first-order valence-corrected chi connectivity index (χ1v) is 6.32. The molecule has 2 rings (SSSR count). The fourth-order valence-corrected chi connectivity index (χ4v) is 1.96. The van der Waals surface area contributed by atoms with Crippen molar-refractivity contribution in [1.29, 1.82) is 0 Å². The summed E-state index contributed by atoms with van der Waals surface area (Å²) >= 11 is 0. The van der Waals surface area contributed by atoms with Crippen LogP contribution >= 0.6 is 0 Å². The number of nitrogens with one attached hydrogen (secondary N) is 1. The molecule has 0 bridgehead atoms. The molecule has 19 heavy (non-hydrogen) atoms. The Morgan fingerprint density at radius 3 is 2.63 bits per heavy atom. The smallest absolute Gasteiger partial charge is 0.274 e. The van der Waals surface area contributed by atoms with E-state index in [1.54, 1.807) is 22.5 Å². The summed E-state index contributed by atoms with van der Waals surface area (Å²) in [6, 6.07) is 1.75.